The largest absolute Gasteiger partial charge is 0.304 e. The third-order valence-electron chi connectivity index (χ3n) is 2.70. The summed E-state index contributed by atoms with van der Waals surface area (Å²) in [6, 6.07) is 0.691. The summed E-state index contributed by atoms with van der Waals surface area (Å²) in [5.41, 5.74) is 0. The summed E-state index contributed by atoms with van der Waals surface area (Å²) in [6.07, 6.45) is 4.03. The molecule has 0 aromatic carbocycles. The summed E-state index contributed by atoms with van der Waals surface area (Å²) in [5.74, 6) is 0.905. The Morgan fingerprint density at radius 3 is 1.86 bits per heavy atom. The molecule has 14 heavy (non-hydrogen) atoms. The highest BCUT2D eigenvalue weighted by Crippen LogP contribution is 2.12. The highest BCUT2D eigenvalue weighted by molar-refractivity contribution is 4.64. The maximum atomic E-state index is 2.45. The molecular weight excluding hydrogens is 170 g/mol. The van der Waals surface area contributed by atoms with E-state index >= 15 is 0 Å². The molecule has 1 atom stereocenters. The normalized spacial score (nSPS) is 12.6. The third-order valence-corrected chi connectivity index (χ3v) is 2.70. The van der Waals surface area contributed by atoms with Gasteiger partial charge in [0.05, 0.1) is 0 Å². The van der Waals surface area contributed by atoms with Crippen molar-refractivity contribution in [1.82, 2.24) is 4.90 Å². The molecule has 0 aromatic heterocycles. The molecule has 0 aliphatic rings. The van der Waals surface area contributed by atoms with E-state index in [4.69, 9.17) is 0 Å². The first-order valence-electron chi connectivity index (χ1n) is 6.32. The van der Waals surface area contributed by atoms with E-state index in [9.17, 15) is 0 Å². The second kappa shape index (κ2) is 11.0. The van der Waals surface area contributed by atoms with Gasteiger partial charge in [-0.25, -0.2) is 0 Å². The van der Waals surface area contributed by atoms with E-state index in [1.165, 1.54) is 25.8 Å². The number of hydrogen-bond acceptors (Lipinski definition) is 1. The van der Waals surface area contributed by atoms with Crippen molar-refractivity contribution in [3.8, 4) is 0 Å². The average Bonchev–Trinajstić information content (AvgIpc) is 2.19. The van der Waals surface area contributed by atoms with Crippen LogP contribution >= 0.6 is 0 Å². The maximum Gasteiger partial charge on any atom is 0.00356 e. The molecule has 0 bridgehead atoms. The molecule has 1 nitrogen and oxygen atoms in total. The SMILES string of the molecule is CC.CCCC(CC)CN(C)C(C)C. The fraction of sp³-hybridized carbons (Fsp3) is 1.00. The second-order valence-electron chi connectivity index (χ2n) is 4.10. The molecule has 0 N–H and O–H groups in total. The van der Waals surface area contributed by atoms with Crippen LogP contribution in [0.4, 0.5) is 0 Å². The molecule has 0 saturated heterocycles. The van der Waals surface area contributed by atoms with Crippen LogP contribution in [0.1, 0.15) is 60.8 Å². The van der Waals surface area contributed by atoms with Crippen molar-refractivity contribution in [2.75, 3.05) is 13.6 Å². The Balaban J connectivity index is 0. The van der Waals surface area contributed by atoms with Gasteiger partial charge in [-0.1, -0.05) is 40.5 Å². The second-order valence-corrected chi connectivity index (χ2v) is 4.10. The highest BCUT2D eigenvalue weighted by atomic mass is 15.1. The van der Waals surface area contributed by atoms with Gasteiger partial charge in [0.15, 0.2) is 0 Å². The van der Waals surface area contributed by atoms with Crippen LogP contribution in [0.2, 0.25) is 0 Å². The first-order chi connectivity index (χ1) is 6.61. The quantitative estimate of drug-likeness (QED) is 0.623. The zero-order valence-corrected chi connectivity index (χ0v) is 11.4. The Morgan fingerprint density at radius 2 is 1.57 bits per heavy atom. The predicted octanol–water partition coefficient (Wildman–Crippen LogP) is 4.18. The minimum absolute atomic E-state index is 0.691. The zero-order chi connectivity index (χ0) is 11.6. The van der Waals surface area contributed by atoms with Crippen molar-refractivity contribution >= 4 is 0 Å². The Labute approximate surface area is 91.9 Å². The summed E-state index contributed by atoms with van der Waals surface area (Å²) in [4.78, 5) is 2.45. The molecule has 0 spiro atoms. The van der Waals surface area contributed by atoms with E-state index < -0.39 is 0 Å². The predicted molar refractivity (Wildman–Crippen MR) is 67.8 cm³/mol. The molecule has 0 aliphatic carbocycles. The number of nitrogens with zero attached hydrogens (tertiary/aromatic N) is 1. The monoisotopic (exact) mass is 201 g/mol. The molecule has 0 heterocycles. The molecule has 1 heteroatoms. The first kappa shape index (κ1) is 16.4. The van der Waals surface area contributed by atoms with Gasteiger partial charge in [0.25, 0.3) is 0 Å². The molecule has 0 rings (SSSR count). The van der Waals surface area contributed by atoms with Gasteiger partial charge in [-0.15, -0.1) is 0 Å². The van der Waals surface area contributed by atoms with Crippen LogP contribution < -0.4 is 0 Å². The molecule has 0 radical (unpaired) electrons. The lowest BCUT2D eigenvalue weighted by Crippen LogP contribution is -2.31. The van der Waals surface area contributed by atoms with Crippen LogP contribution in [-0.4, -0.2) is 24.5 Å². The van der Waals surface area contributed by atoms with Crippen LogP contribution in [-0.2, 0) is 0 Å². The van der Waals surface area contributed by atoms with Crippen LogP contribution in [0.3, 0.4) is 0 Å². The van der Waals surface area contributed by atoms with E-state index in [0.29, 0.717) is 6.04 Å². The van der Waals surface area contributed by atoms with Crippen LogP contribution in [0, 0.1) is 5.92 Å². The average molecular weight is 201 g/mol. The summed E-state index contributed by atoms with van der Waals surface area (Å²) >= 11 is 0. The fourth-order valence-corrected chi connectivity index (χ4v) is 1.45. The Bertz CT molecular complexity index is 99.4. The Morgan fingerprint density at radius 1 is 1.07 bits per heavy atom. The van der Waals surface area contributed by atoms with Gasteiger partial charge in [-0.05, 0) is 33.2 Å². The minimum atomic E-state index is 0.691. The van der Waals surface area contributed by atoms with Gasteiger partial charge in [-0.3, -0.25) is 0 Å². The minimum Gasteiger partial charge on any atom is -0.304 e. The van der Waals surface area contributed by atoms with Crippen LogP contribution in [0.25, 0.3) is 0 Å². The smallest absolute Gasteiger partial charge is 0.00356 e. The topological polar surface area (TPSA) is 3.24 Å². The Kier molecular flexibility index (Phi) is 12.9. The van der Waals surface area contributed by atoms with Crippen molar-refractivity contribution in [3.63, 3.8) is 0 Å². The van der Waals surface area contributed by atoms with Crippen molar-refractivity contribution in [1.29, 1.82) is 0 Å². The summed E-state index contributed by atoms with van der Waals surface area (Å²) in [5, 5.41) is 0. The molecule has 0 amide bonds. The van der Waals surface area contributed by atoms with E-state index in [1.54, 1.807) is 0 Å². The maximum absolute atomic E-state index is 2.45. The summed E-state index contributed by atoms with van der Waals surface area (Å²) in [7, 11) is 2.23. The van der Waals surface area contributed by atoms with E-state index in [2.05, 4.69) is 39.6 Å². The molecule has 0 saturated carbocycles. The lowest BCUT2D eigenvalue weighted by molar-refractivity contribution is 0.219. The standard InChI is InChI=1S/C11H25N.C2H6/c1-6-8-11(7-2)9-12(5)10(3)4;1-2/h10-11H,6-9H2,1-5H3;1-2H3. The van der Waals surface area contributed by atoms with Crippen molar-refractivity contribution < 1.29 is 0 Å². The van der Waals surface area contributed by atoms with Crippen LogP contribution in [0.15, 0.2) is 0 Å². The molecule has 0 aliphatic heterocycles. The lowest BCUT2D eigenvalue weighted by Gasteiger charge is -2.26. The summed E-state index contributed by atoms with van der Waals surface area (Å²) in [6.45, 7) is 14.4. The molecular formula is C13H31N. The number of rotatable bonds is 6. The number of hydrogen-bond donors (Lipinski definition) is 0. The van der Waals surface area contributed by atoms with Gasteiger partial charge < -0.3 is 4.90 Å². The van der Waals surface area contributed by atoms with Crippen LogP contribution in [0.5, 0.6) is 0 Å². The molecule has 1 unspecified atom stereocenters. The Hall–Kier alpha value is -0.0400. The van der Waals surface area contributed by atoms with E-state index in [1.807, 2.05) is 13.8 Å². The molecule has 0 aromatic rings. The van der Waals surface area contributed by atoms with Gasteiger partial charge in [0.2, 0.25) is 0 Å². The zero-order valence-electron chi connectivity index (χ0n) is 11.4. The van der Waals surface area contributed by atoms with E-state index in [0.717, 1.165) is 5.92 Å². The van der Waals surface area contributed by atoms with E-state index in [-0.39, 0.29) is 0 Å². The molecule has 0 fully saturated rings. The van der Waals surface area contributed by atoms with Gasteiger partial charge in [-0.2, -0.15) is 0 Å². The van der Waals surface area contributed by atoms with Gasteiger partial charge in [0, 0.05) is 12.6 Å². The fourth-order valence-electron chi connectivity index (χ4n) is 1.45. The highest BCUT2D eigenvalue weighted by Gasteiger charge is 2.10. The van der Waals surface area contributed by atoms with Crippen molar-refractivity contribution in [2.24, 2.45) is 5.92 Å². The first-order valence-corrected chi connectivity index (χ1v) is 6.32. The van der Waals surface area contributed by atoms with Gasteiger partial charge in [0.1, 0.15) is 0 Å². The van der Waals surface area contributed by atoms with Crippen molar-refractivity contribution in [2.45, 2.75) is 66.8 Å². The summed E-state index contributed by atoms with van der Waals surface area (Å²) < 4.78 is 0. The molecule has 88 valence electrons. The van der Waals surface area contributed by atoms with Crippen molar-refractivity contribution in [3.05, 3.63) is 0 Å². The van der Waals surface area contributed by atoms with Gasteiger partial charge >= 0.3 is 0 Å². The third kappa shape index (κ3) is 8.55. The lowest BCUT2D eigenvalue weighted by atomic mass is 10.00.